The van der Waals surface area contributed by atoms with Crippen LogP contribution in [0.15, 0.2) is 35.4 Å². The molecule has 1 aromatic carbocycles. The van der Waals surface area contributed by atoms with Crippen LogP contribution in [-0.4, -0.2) is 16.6 Å². The lowest BCUT2D eigenvalue weighted by Crippen LogP contribution is -2.12. The number of nitrogens with one attached hydrogen (secondary N) is 1. The molecule has 0 fully saturated rings. The first kappa shape index (κ1) is 19.0. The molecule has 0 saturated heterocycles. The van der Waals surface area contributed by atoms with Crippen LogP contribution in [0, 0.1) is 25.2 Å². The Hall–Kier alpha value is -2.32. The van der Waals surface area contributed by atoms with Crippen molar-refractivity contribution in [3.05, 3.63) is 52.7 Å². The molecule has 2 rings (SSSR count). The van der Waals surface area contributed by atoms with E-state index in [1.54, 1.807) is 0 Å². The molecule has 0 unspecified atom stereocenters. The number of pyridine rings is 1. The lowest BCUT2D eigenvalue weighted by atomic mass is 10.0. The summed E-state index contributed by atoms with van der Waals surface area (Å²) in [6.45, 7) is 8.10. The van der Waals surface area contributed by atoms with E-state index in [0.717, 1.165) is 16.9 Å². The lowest BCUT2D eigenvalue weighted by Gasteiger charge is -2.09. The minimum atomic E-state index is -0.0346. The summed E-state index contributed by atoms with van der Waals surface area (Å²) in [7, 11) is 0. The third-order valence-electron chi connectivity index (χ3n) is 3.85. The fourth-order valence-corrected chi connectivity index (χ4v) is 3.50. The Morgan fingerprint density at radius 1 is 1.28 bits per heavy atom. The number of hydrogen-bond donors (Lipinski definition) is 1. The van der Waals surface area contributed by atoms with E-state index in [2.05, 4.69) is 30.2 Å². The molecule has 1 amide bonds. The van der Waals surface area contributed by atoms with Gasteiger partial charge in [0.05, 0.1) is 5.56 Å². The van der Waals surface area contributed by atoms with Crippen molar-refractivity contribution in [2.75, 3.05) is 11.1 Å². The molecule has 0 aliphatic heterocycles. The number of aromatic nitrogens is 1. The zero-order chi connectivity index (χ0) is 18.4. The van der Waals surface area contributed by atoms with Crippen molar-refractivity contribution in [2.24, 2.45) is 0 Å². The summed E-state index contributed by atoms with van der Waals surface area (Å²) < 4.78 is 0. The smallest absolute Gasteiger partial charge is 0.225 e. The van der Waals surface area contributed by atoms with Crippen molar-refractivity contribution in [3.8, 4) is 6.07 Å². The van der Waals surface area contributed by atoms with Crippen molar-refractivity contribution in [1.82, 2.24) is 4.98 Å². The molecule has 1 N–H and O–H groups in total. The van der Waals surface area contributed by atoms with Crippen LogP contribution in [0.1, 0.15) is 48.6 Å². The van der Waals surface area contributed by atoms with Gasteiger partial charge < -0.3 is 5.32 Å². The fourth-order valence-electron chi connectivity index (χ4n) is 2.46. The first-order valence-electron chi connectivity index (χ1n) is 8.31. The van der Waals surface area contributed by atoms with E-state index in [4.69, 9.17) is 0 Å². The highest BCUT2D eigenvalue weighted by Gasteiger charge is 2.10. The summed E-state index contributed by atoms with van der Waals surface area (Å²) in [6.07, 6.45) is 0.371. The molecule has 25 heavy (non-hydrogen) atoms. The number of amides is 1. The van der Waals surface area contributed by atoms with Crippen LogP contribution >= 0.6 is 11.8 Å². The number of carbonyl (C=O) groups is 1. The van der Waals surface area contributed by atoms with Gasteiger partial charge >= 0.3 is 0 Å². The van der Waals surface area contributed by atoms with Crippen LogP contribution in [-0.2, 0) is 4.79 Å². The van der Waals surface area contributed by atoms with E-state index in [-0.39, 0.29) is 5.91 Å². The van der Waals surface area contributed by atoms with Crippen LogP contribution in [0.5, 0.6) is 0 Å². The van der Waals surface area contributed by atoms with Gasteiger partial charge in [0.2, 0.25) is 5.91 Å². The SMILES string of the molecule is Cc1cc(C)c(C#N)c(SCCC(=O)Nc2ccc(C(C)C)cc2)n1. The molecule has 0 bridgehead atoms. The predicted molar refractivity (Wildman–Crippen MR) is 103 cm³/mol. The average Bonchev–Trinajstić information content (AvgIpc) is 2.55. The molecule has 130 valence electrons. The third-order valence-corrected chi connectivity index (χ3v) is 4.83. The molecule has 2 aromatic rings. The van der Waals surface area contributed by atoms with E-state index >= 15 is 0 Å². The number of aryl methyl sites for hydroxylation is 2. The van der Waals surface area contributed by atoms with Crippen LogP contribution in [0.4, 0.5) is 5.69 Å². The molecule has 0 radical (unpaired) electrons. The first-order chi connectivity index (χ1) is 11.9. The highest BCUT2D eigenvalue weighted by molar-refractivity contribution is 7.99. The topological polar surface area (TPSA) is 65.8 Å². The number of nitrogens with zero attached hydrogens (tertiary/aromatic N) is 2. The predicted octanol–water partition coefficient (Wildman–Crippen LogP) is 4.81. The van der Waals surface area contributed by atoms with Crippen LogP contribution in [0.3, 0.4) is 0 Å². The summed E-state index contributed by atoms with van der Waals surface area (Å²) in [4.78, 5) is 16.5. The highest BCUT2D eigenvalue weighted by atomic mass is 32.2. The Labute approximate surface area is 153 Å². The van der Waals surface area contributed by atoms with E-state index in [1.165, 1.54) is 17.3 Å². The summed E-state index contributed by atoms with van der Waals surface area (Å²) >= 11 is 1.45. The zero-order valence-electron chi connectivity index (χ0n) is 15.1. The van der Waals surface area contributed by atoms with Gasteiger partial charge in [0.25, 0.3) is 0 Å². The molecule has 5 heteroatoms. The van der Waals surface area contributed by atoms with Gasteiger partial charge in [-0.1, -0.05) is 26.0 Å². The maximum absolute atomic E-state index is 12.1. The molecule has 1 heterocycles. The van der Waals surface area contributed by atoms with Crippen LogP contribution < -0.4 is 5.32 Å². The largest absolute Gasteiger partial charge is 0.326 e. The summed E-state index contributed by atoms with van der Waals surface area (Å²) in [5, 5.41) is 12.9. The number of hydrogen-bond acceptors (Lipinski definition) is 4. The number of anilines is 1. The van der Waals surface area contributed by atoms with Gasteiger partial charge in [-0.25, -0.2) is 4.98 Å². The van der Waals surface area contributed by atoms with Gasteiger partial charge in [0, 0.05) is 23.6 Å². The van der Waals surface area contributed by atoms with Crippen molar-refractivity contribution < 1.29 is 4.79 Å². The summed E-state index contributed by atoms with van der Waals surface area (Å²) in [5.74, 6) is 1.02. The molecule has 0 atom stereocenters. The Kier molecular flexibility index (Phi) is 6.60. The Morgan fingerprint density at radius 3 is 2.56 bits per heavy atom. The second-order valence-corrected chi connectivity index (χ2v) is 7.38. The van der Waals surface area contributed by atoms with Gasteiger partial charge in [-0.3, -0.25) is 4.79 Å². The molecule has 4 nitrogen and oxygen atoms in total. The van der Waals surface area contributed by atoms with Gasteiger partial charge in [-0.15, -0.1) is 11.8 Å². The quantitative estimate of drug-likeness (QED) is 0.757. The molecular formula is C20H23N3OS. The van der Waals surface area contributed by atoms with Crippen LogP contribution in [0.25, 0.3) is 0 Å². The lowest BCUT2D eigenvalue weighted by molar-refractivity contribution is -0.115. The maximum Gasteiger partial charge on any atom is 0.225 e. The van der Waals surface area contributed by atoms with Crippen molar-refractivity contribution in [3.63, 3.8) is 0 Å². The standard InChI is InChI=1S/C20H23N3OS/c1-13(2)16-5-7-17(8-6-16)23-19(24)9-10-25-20-18(12-21)14(3)11-15(4)22-20/h5-8,11,13H,9-10H2,1-4H3,(H,23,24). The molecule has 1 aromatic heterocycles. The highest BCUT2D eigenvalue weighted by Crippen LogP contribution is 2.24. The van der Waals surface area contributed by atoms with E-state index in [9.17, 15) is 10.1 Å². The number of carbonyl (C=O) groups excluding carboxylic acids is 1. The molecule has 0 aliphatic rings. The molecule has 0 spiro atoms. The van der Waals surface area contributed by atoms with E-state index in [0.29, 0.717) is 28.7 Å². The van der Waals surface area contributed by atoms with Gasteiger partial charge in [-0.05, 0) is 49.1 Å². The minimum Gasteiger partial charge on any atom is -0.326 e. The number of thioether (sulfide) groups is 1. The van der Waals surface area contributed by atoms with Crippen molar-refractivity contribution >= 4 is 23.4 Å². The summed E-state index contributed by atoms with van der Waals surface area (Å²) in [6, 6.07) is 12.0. The Morgan fingerprint density at radius 2 is 1.96 bits per heavy atom. The minimum absolute atomic E-state index is 0.0346. The normalized spacial score (nSPS) is 10.6. The maximum atomic E-state index is 12.1. The monoisotopic (exact) mass is 353 g/mol. The van der Waals surface area contributed by atoms with Gasteiger partial charge in [0.15, 0.2) is 0 Å². The number of benzene rings is 1. The Bertz CT molecular complexity index is 792. The van der Waals surface area contributed by atoms with Crippen molar-refractivity contribution in [1.29, 1.82) is 5.26 Å². The van der Waals surface area contributed by atoms with E-state index < -0.39 is 0 Å². The average molecular weight is 353 g/mol. The van der Waals surface area contributed by atoms with Gasteiger partial charge in [0.1, 0.15) is 11.1 Å². The van der Waals surface area contributed by atoms with Gasteiger partial charge in [-0.2, -0.15) is 5.26 Å². The zero-order valence-corrected chi connectivity index (χ0v) is 15.9. The van der Waals surface area contributed by atoms with Crippen molar-refractivity contribution in [2.45, 2.75) is 45.1 Å². The van der Waals surface area contributed by atoms with Crippen LogP contribution in [0.2, 0.25) is 0 Å². The third kappa shape index (κ3) is 5.33. The number of rotatable bonds is 6. The first-order valence-corrected chi connectivity index (χ1v) is 9.30. The van der Waals surface area contributed by atoms with E-state index in [1.807, 2.05) is 44.2 Å². The molecule has 0 saturated carbocycles. The Balaban J connectivity index is 1.90. The number of nitriles is 1. The molecule has 0 aliphatic carbocycles. The fraction of sp³-hybridized carbons (Fsp3) is 0.350. The second kappa shape index (κ2) is 8.68. The molecular weight excluding hydrogens is 330 g/mol. The second-order valence-electron chi connectivity index (χ2n) is 6.30. The summed E-state index contributed by atoms with van der Waals surface area (Å²) in [5.41, 5.74) is 4.46.